The molecule has 0 radical (unpaired) electrons. The smallest absolute Gasteiger partial charge is 0.252 e. The van der Waals surface area contributed by atoms with Crippen molar-refractivity contribution in [3.8, 4) is 0 Å². The molecule has 0 aliphatic heterocycles. The Morgan fingerprint density at radius 3 is 2.69 bits per heavy atom. The molecule has 2 amide bonds. The zero-order chi connectivity index (χ0) is 20.4. The number of carbonyl (C=O) groups excluding carboxylic acids is 2. The molecule has 1 aromatic heterocycles. The third-order valence-electron chi connectivity index (χ3n) is 4.61. The summed E-state index contributed by atoms with van der Waals surface area (Å²) in [4.78, 5) is 29.9. The predicted octanol–water partition coefficient (Wildman–Crippen LogP) is 4.90. The minimum atomic E-state index is -0.401. The molecule has 0 bridgehead atoms. The number of anilines is 1. The van der Waals surface area contributed by atoms with Crippen LogP contribution >= 0.6 is 23.4 Å². The lowest BCUT2D eigenvalue weighted by molar-refractivity contribution is -0.115. The molecule has 1 fully saturated rings. The van der Waals surface area contributed by atoms with Gasteiger partial charge in [-0.05, 0) is 50.1 Å². The van der Waals surface area contributed by atoms with E-state index in [2.05, 4.69) is 15.6 Å². The summed E-state index contributed by atoms with van der Waals surface area (Å²) in [6, 6.07) is 16.6. The Bertz CT molecular complexity index is 1080. The van der Waals surface area contributed by atoms with E-state index < -0.39 is 5.25 Å². The fourth-order valence-electron chi connectivity index (χ4n) is 2.93. The number of hydrogen-bond acceptors (Lipinski definition) is 4. The van der Waals surface area contributed by atoms with Crippen LogP contribution < -0.4 is 10.6 Å². The van der Waals surface area contributed by atoms with Crippen molar-refractivity contribution in [2.45, 2.75) is 36.1 Å². The molecule has 2 aromatic carbocycles. The van der Waals surface area contributed by atoms with Crippen molar-refractivity contribution >= 4 is 51.8 Å². The Morgan fingerprint density at radius 1 is 1.14 bits per heavy atom. The van der Waals surface area contributed by atoms with E-state index in [0.717, 1.165) is 23.7 Å². The summed E-state index contributed by atoms with van der Waals surface area (Å²) < 4.78 is 0. The van der Waals surface area contributed by atoms with Gasteiger partial charge in [0.15, 0.2) is 0 Å². The number of fused-ring (bicyclic) bond motifs is 1. The van der Waals surface area contributed by atoms with E-state index in [0.29, 0.717) is 21.3 Å². The summed E-state index contributed by atoms with van der Waals surface area (Å²) in [5, 5.41) is 7.50. The third kappa shape index (κ3) is 4.89. The van der Waals surface area contributed by atoms with Gasteiger partial charge < -0.3 is 10.6 Å². The average molecular weight is 426 g/mol. The highest BCUT2D eigenvalue weighted by Gasteiger charge is 2.25. The van der Waals surface area contributed by atoms with Crippen LogP contribution in [0.5, 0.6) is 0 Å². The number of pyridine rings is 1. The van der Waals surface area contributed by atoms with Gasteiger partial charge >= 0.3 is 0 Å². The van der Waals surface area contributed by atoms with E-state index in [9.17, 15) is 9.59 Å². The largest absolute Gasteiger partial charge is 0.349 e. The van der Waals surface area contributed by atoms with Crippen molar-refractivity contribution in [2.75, 3.05) is 5.32 Å². The van der Waals surface area contributed by atoms with Crippen molar-refractivity contribution in [1.29, 1.82) is 0 Å². The Balaban J connectivity index is 1.55. The average Bonchev–Trinajstić information content (AvgIpc) is 3.51. The zero-order valence-corrected chi connectivity index (χ0v) is 17.4. The van der Waals surface area contributed by atoms with E-state index in [-0.39, 0.29) is 17.9 Å². The number of halogens is 1. The molecule has 1 atom stereocenters. The first-order valence-corrected chi connectivity index (χ1v) is 10.7. The van der Waals surface area contributed by atoms with Gasteiger partial charge in [0.1, 0.15) is 0 Å². The SMILES string of the molecule is CC(Sc1cc(C(=O)NC2CC2)c2ccccc2n1)C(=O)Nc1cccc(Cl)c1. The summed E-state index contributed by atoms with van der Waals surface area (Å²) >= 11 is 7.30. The first-order chi connectivity index (χ1) is 14.0. The number of nitrogens with one attached hydrogen (secondary N) is 2. The number of amides is 2. The van der Waals surface area contributed by atoms with Gasteiger partial charge in [-0.3, -0.25) is 9.59 Å². The van der Waals surface area contributed by atoms with E-state index in [1.165, 1.54) is 11.8 Å². The Morgan fingerprint density at radius 2 is 1.93 bits per heavy atom. The summed E-state index contributed by atoms with van der Waals surface area (Å²) in [6.07, 6.45) is 2.05. The molecular formula is C22H20ClN3O2S. The Kier molecular flexibility index (Phi) is 5.74. The molecule has 3 aromatic rings. The molecule has 7 heteroatoms. The van der Waals surface area contributed by atoms with E-state index in [4.69, 9.17) is 11.6 Å². The van der Waals surface area contributed by atoms with Gasteiger partial charge in [0.05, 0.1) is 21.4 Å². The highest BCUT2D eigenvalue weighted by atomic mass is 35.5. The van der Waals surface area contributed by atoms with Crippen molar-refractivity contribution in [1.82, 2.24) is 10.3 Å². The standard InChI is InChI=1S/C22H20ClN3O2S/c1-13(21(27)25-16-6-4-5-14(23)11-16)29-20-12-18(22(28)24-15-9-10-15)17-7-2-3-8-19(17)26-20/h2-8,11-13,15H,9-10H2,1H3,(H,24,28)(H,25,27). The number of hydrogen-bond donors (Lipinski definition) is 2. The lowest BCUT2D eigenvalue weighted by Gasteiger charge is -2.14. The highest BCUT2D eigenvalue weighted by molar-refractivity contribution is 8.00. The number of benzene rings is 2. The number of nitrogens with zero attached hydrogens (tertiary/aromatic N) is 1. The number of aromatic nitrogens is 1. The van der Waals surface area contributed by atoms with Crippen LogP contribution in [0.3, 0.4) is 0 Å². The molecule has 148 valence electrons. The second-order valence-electron chi connectivity index (χ2n) is 7.03. The lowest BCUT2D eigenvalue weighted by atomic mass is 10.1. The van der Waals surface area contributed by atoms with Gasteiger partial charge in [-0.25, -0.2) is 4.98 Å². The first kappa shape index (κ1) is 19.7. The summed E-state index contributed by atoms with van der Waals surface area (Å²) in [7, 11) is 0. The van der Waals surface area contributed by atoms with Gasteiger partial charge in [-0.2, -0.15) is 0 Å². The van der Waals surface area contributed by atoms with E-state index >= 15 is 0 Å². The van der Waals surface area contributed by atoms with Crippen molar-refractivity contribution < 1.29 is 9.59 Å². The fourth-order valence-corrected chi connectivity index (χ4v) is 3.99. The molecule has 1 heterocycles. The highest BCUT2D eigenvalue weighted by Crippen LogP contribution is 2.29. The maximum Gasteiger partial charge on any atom is 0.252 e. The quantitative estimate of drug-likeness (QED) is 0.551. The minimum Gasteiger partial charge on any atom is -0.349 e. The maximum absolute atomic E-state index is 12.7. The Labute approximate surface area is 178 Å². The van der Waals surface area contributed by atoms with Crippen LogP contribution in [0.15, 0.2) is 59.6 Å². The third-order valence-corrected chi connectivity index (χ3v) is 5.86. The molecule has 4 rings (SSSR count). The minimum absolute atomic E-state index is 0.0935. The van der Waals surface area contributed by atoms with Gasteiger partial charge in [0.25, 0.3) is 5.91 Å². The topological polar surface area (TPSA) is 71.1 Å². The van der Waals surface area contributed by atoms with Crippen LogP contribution in [0.25, 0.3) is 10.9 Å². The molecule has 1 unspecified atom stereocenters. The molecule has 1 aliphatic carbocycles. The summed E-state index contributed by atoms with van der Waals surface area (Å²) in [5.74, 6) is -0.250. The van der Waals surface area contributed by atoms with Crippen LogP contribution in [0.4, 0.5) is 5.69 Å². The van der Waals surface area contributed by atoms with Gasteiger partial charge in [0, 0.05) is 22.1 Å². The number of para-hydroxylation sites is 1. The molecule has 1 saturated carbocycles. The van der Waals surface area contributed by atoms with Gasteiger partial charge in [-0.1, -0.05) is 47.6 Å². The Hall–Kier alpha value is -2.57. The van der Waals surface area contributed by atoms with Crippen LogP contribution in [-0.4, -0.2) is 28.1 Å². The zero-order valence-electron chi connectivity index (χ0n) is 15.8. The van der Waals surface area contributed by atoms with Crippen LogP contribution in [0, 0.1) is 0 Å². The van der Waals surface area contributed by atoms with Crippen molar-refractivity contribution in [3.63, 3.8) is 0 Å². The van der Waals surface area contributed by atoms with E-state index in [1.807, 2.05) is 31.2 Å². The normalized spacial score (nSPS) is 14.4. The van der Waals surface area contributed by atoms with Gasteiger partial charge in [0.2, 0.25) is 5.91 Å². The molecule has 5 nitrogen and oxygen atoms in total. The number of thioether (sulfide) groups is 1. The molecule has 1 aliphatic rings. The molecule has 0 spiro atoms. The van der Waals surface area contributed by atoms with Gasteiger partial charge in [-0.15, -0.1) is 0 Å². The van der Waals surface area contributed by atoms with Crippen molar-refractivity contribution in [3.05, 3.63) is 65.2 Å². The summed E-state index contributed by atoms with van der Waals surface area (Å²) in [6.45, 7) is 1.81. The monoisotopic (exact) mass is 425 g/mol. The molecule has 0 saturated heterocycles. The predicted molar refractivity (Wildman–Crippen MR) is 118 cm³/mol. The second-order valence-corrected chi connectivity index (χ2v) is 8.83. The van der Waals surface area contributed by atoms with Crippen LogP contribution in [0.2, 0.25) is 5.02 Å². The fraction of sp³-hybridized carbons (Fsp3) is 0.227. The maximum atomic E-state index is 12.7. The van der Waals surface area contributed by atoms with Crippen molar-refractivity contribution in [2.24, 2.45) is 0 Å². The molecule has 2 N–H and O–H groups in total. The van der Waals surface area contributed by atoms with Crippen LogP contribution in [-0.2, 0) is 4.79 Å². The summed E-state index contributed by atoms with van der Waals surface area (Å²) in [5.41, 5.74) is 1.97. The second kappa shape index (κ2) is 8.43. The molecule has 29 heavy (non-hydrogen) atoms. The van der Waals surface area contributed by atoms with Crippen LogP contribution in [0.1, 0.15) is 30.1 Å². The van der Waals surface area contributed by atoms with E-state index in [1.54, 1.807) is 30.3 Å². The number of carbonyl (C=O) groups is 2. The molecular weight excluding hydrogens is 406 g/mol. The first-order valence-electron chi connectivity index (χ1n) is 9.43. The lowest BCUT2D eigenvalue weighted by Crippen LogP contribution is -2.26. The number of rotatable bonds is 6.